The van der Waals surface area contributed by atoms with Crippen LogP contribution in [0.15, 0.2) is 78.9 Å². The number of benzene rings is 4. The summed E-state index contributed by atoms with van der Waals surface area (Å²) in [7, 11) is 3.46. The maximum atomic E-state index is 14.3. The van der Waals surface area contributed by atoms with E-state index in [4.69, 9.17) is 36.3 Å². The largest absolute Gasteiger partial charge is 0.493 e. The molecule has 92 heavy (non-hydrogen) atoms. The fourth-order valence-electron chi connectivity index (χ4n) is 12.4. The van der Waals surface area contributed by atoms with Gasteiger partial charge >= 0.3 is 12.2 Å². The van der Waals surface area contributed by atoms with Crippen molar-refractivity contribution in [3.8, 4) is 17.2 Å². The van der Waals surface area contributed by atoms with Gasteiger partial charge in [-0.05, 0) is 118 Å². The summed E-state index contributed by atoms with van der Waals surface area (Å²) in [4.78, 5) is 130. The number of alkyl halides is 1. The molecule has 2 fully saturated rings. The molecule has 2 saturated heterocycles. The van der Waals surface area contributed by atoms with Crippen LogP contribution in [0.2, 0.25) is 0 Å². The third-order valence-corrected chi connectivity index (χ3v) is 18.0. The van der Waals surface area contributed by atoms with E-state index in [1.807, 2.05) is 31.3 Å². The number of carbonyl (C=O) groups is 9. The van der Waals surface area contributed by atoms with Crippen LogP contribution in [0.1, 0.15) is 125 Å². The van der Waals surface area contributed by atoms with Crippen LogP contribution in [-0.4, -0.2) is 182 Å². The van der Waals surface area contributed by atoms with Crippen LogP contribution in [0, 0.1) is 5.92 Å². The summed E-state index contributed by atoms with van der Waals surface area (Å²) in [5.74, 6) is -1.86. The molecule has 3 unspecified atom stereocenters. The molecule has 5 aliphatic heterocycles. The Morgan fingerprint density at radius 3 is 2.17 bits per heavy atom. The number of nitrogens with zero attached hydrogens (tertiary/aromatic N) is 6. The molecule has 4 aromatic carbocycles. The molecule has 4 aromatic rings. The second-order valence-electron chi connectivity index (χ2n) is 24.4. The second-order valence-corrected chi connectivity index (χ2v) is 24.7. The van der Waals surface area contributed by atoms with Crippen LogP contribution in [0.25, 0.3) is 10.8 Å². The van der Waals surface area contributed by atoms with Crippen LogP contribution in [0.4, 0.5) is 26.7 Å². The van der Waals surface area contributed by atoms with E-state index in [-0.39, 0.29) is 97.2 Å². The van der Waals surface area contributed by atoms with Gasteiger partial charge in [0.15, 0.2) is 17.7 Å². The number of ether oxygens (including phenoxy) is 4. The van der Waals surface area contributed by atoms with Gasteiger partial charge in [-0.2, -0.15) is 0 Å². The zero-order chi connectivity index (χ0) is 65.6. The number of methoxy groups -OCH3 is 1. The number of aliphatic hydroxyl groups is 1. The highest BCUT2D eigenvalue weighted by atomic mass is 35.5. The first-order chi connectivity index (χ1) is 44.4. The second kappa shape index (κ2) is 31.8. The number of nitrogens with two attached hydrogens (primary N) is 1. The van der Waals surface area contributed by atoms with Gasteiger partial charge in [0, 0.05) is 106 Å². The summed E-state index contributed by atoms with van der Waals surface area (Å²) in [5.41, 5.74) is 8.50. The molecule has 5 aliphatic rings. The van der Waals surface area contributed by atoms with Gasteiger partial charge in [-0.25, -0.2) is 14.5 Å². The molecule has 9 amide bonds. The molecular weight excluding hydrogens is 1200 g/mol. The summed E-state index contributed by atoms with van der Waals surface area (Å²) in [6, 6.07) is 16.4. The number of rotatable bonds is 28. The molecular formula is C67H85ClN10O14. The minimum Gasteiger partial charge on any atom is -0.493 e. The number of fused-ring (bicyclic) bond motifs is 5. The monoisotopic (exact) mass is 1290 g/mol. The normalized spacial score (nSPS) is 18.5. The van der Waals surface area contributed by atoms with Crippen LogP contribution in [0.3, 0.4) is 0 Å². The lowest BCUT2D eigenvalue weighted by Gasteiger charge is -2.31. The minimum absolute atomic E-state index is 0.0700. The number of aliphatic hydroxyl groups excluding tert-OH is 1. The zero-order valence-corrected chi connectivity index (χ0v) is 53.6. The predicted octanol–water partition coefficient (Wildman–Crippen LogP) is 7.16. The number of piperazine rings is 1. The molecule has 5 heterocycles. The van der Waals surface area contributed by atoms with Gasteiger partial charge in [0.25, 0.3) is 17.7 Å². The van der Waals surface area contributed by atoms with E-state index in [0.717, 1.165) is 39.2 Å². The van der Waals surface area contributed by atoms with E-state index < -0.39 is 54.3 Å². The summed E-state index contributed by atoms with van der Waals surface area (Å²) in [6.45, 7) is 7.49. The average molecular weight is 1290 g/mol. The fourth-order valence-corrected chi connectivity index (χ4v) is 12.7. The minimum atomic E-state index is -1.48. The van der Waals surface area contributed by atoms with Crippen LogP contribution >= 0.6 is 11.6 Å². The van der Waals surface area contributed by atoms with Crippen molar-refractivity contribution in [1.82, 2.24) is 30.2 Å². The number of carbonyl (C=O) groups excluding carboxylic acids is 9. The lowest BCUT2D eigenvalue weighted by Crippen LogP contribution is -2.54. The van der Waals surface area contributed by atoms with Gasteiger partial charge in [-0.3, -0.25) is 38.5 Å². The first kappa shape index (κ1) is 68.1. The predicted molar refractivity (Wildman–Crippen MR) is 346 cm³/mol. The zero-order valence-electron chi connectivity index (χ0n) is 52.8. The number of unbranched alkanes of at least 4 members (excludes halogenated alkanes) is 5. The molecule has 0 aliphatic carbocycles. The van der Waals surface area contributed by atoms with Crippen molar-refractivity contribution in [3.05, 3.63) is 95.6 Å². The van der Waals surface area contributed by atoms with Crippen LogP contribution in [0.5, 0.6) is 17.2 Å². The van der Waals surface area contributed by atoms with Crippen LogP contribution in [-0.2, 0) is 40.1 Å². The number of amides is 9. The van der Waals surface area contributed by atoms with Gasteiger partial charge < -0.3 is 65.3 Å². The third kappa shape index (κ3) is 16.3. The molecule has 24 nitrogen and oxygen atoms in total. The molecule has 494 valence electrons. The summed E-state index contributed by atoms with van der Waals surface area (Å²) in [5, 5.41) is 22.1. The Kier molecular flexibility index (Phi) is 23.5. The van der Waals surface area contributed by atoms with Gasteiger partial charge in [-0.1, -0.05) is 56.7 Å². The standard InChI is InChI=1S/C67H85ClN10O14/c1-42(2)61(72-56(79)20-7-5-13-29-76-58(81)26-27-59(76)82)63(84)71-49(18-11-12-28-69)62(83)70-45-24-22-43(23-25-45)41-91-67(88)78-51-37-55(54(89-4)36-48(51)64(85)75-30-15-19-50(75)65(78)86)90-35-14-6-8-21-57(80)77-40-44(39-68)60-47-17-10-9-16-46(47)53(38-52(60)77)92-66(87)74-33-31-73(3)32-34-74/h9-10,16-17,22-27,36-38,42,44,49-50,61,65,86H,5-8,11-15,18-21,28-35,39-41,69H2,1-4H3,(H,70,83)(H,71,84)(H,72,79)/t44?,49-,50-,61?,65?/m0/s1. The van der Waals surface area contributed by atoms with Gasteiger partial charge in [0.05, 0.1) is 36.7 Å². The van der Waals surface area contributed by atoms with Gasteiger partial charge in [0.2, 0.25) is 23.6 Å². The summed E-state index contributed by atoms with van der Waals surface area (Å²) >= 11 is 6.56. The van der Waals surface area contributed by atoms with Crippen molar-refractivity contribution in [3.63, 3.8) is 0 Å². The van der Waals surface area contributed by atoms with Crippen LogP contribution < -0.4 is 45.7 Å². The molecule has 9 rings (SSSR count). The Morgan fingerprint density at radius 2 is 1.47 bits per heavy atom. The quantitative estimate of drug-likeness (QED) is 0.0214. The molecule has 5 atom stereocenters. The Labute approximate surface area is 540 Å². The van der Waals surface area contributed by atoms with Crippen molar-refractivity contribution in [1.29, 1.82) is 0 Å². The van der Waals surface area contributed by atoms with Crippen molar-refractivity contribution >= 4 is 93.0 Å². The maximum absolute atomic E-state index is 14.3. The number of nitrogens with one attached hydrogen (secondary N) is 3. The van der Waals surface area contributed by atoms with E-state index >= 15 is 0 Å². The van der Waals surface area contributed by atoms with Crippen molar-refractivity contribution in [2.24, 2.45) is 11.7 Å². The lowest BCUT2D eigenvalue weighted by atomic mass is 9.95. The smallest absolute Gasteiger partial charge is 0.416 e. The Morgan fingerprint density at radius 1 is 0.761 bits per heavy atom. The Bertz CT molecular complexity index is 3380. The van der Waals surface area contributed by atoms with Crippen molar-refractivity contribution in [2.45, 2.75) is 134 Å². The molecule has 6 N–H and O–H groups in total. The first-order valence-corrected chi connectivity index (χ1v) is 32.5. The highest BCUT2D eigenvalue weighted by molar-refractivity contribution is 6.19. The van der Waals surface area contributed by atoms with Gasteiger partial charge in [-0.15, -0.1) is 11.6 Å². The molecule has 0 aromatic heterocycles. The summed E-state index contributed by atoms with van der Waals surface area (Å²) < 4.78 is 23.9. The Hall–Kier alpha value is -8.32. The van der Waals surface area contributed by atoms with Crippen molar-refractivity contribution in [2.75, 3.05) is 94.1 Å². The average Bonchev–Trinajstić information content (AvgIpc) is 1.57. The lowest BCUT2D eigenvalue weighted by molar-refractivity contribution is -0.137. The Balaban J connectivity index is 0.791. The number of anilines is 3. The van der Waals surface area contributed by atoms with E-state index in [9.17, 15) is 48.3 Å². The van der Waals surface area contributed by atoms with E-state index in [2.05, 4.69) is 20.9 Å². The topological polar surface area (TPSA) is 292 Å². The van der Waals surface area contributed by atoms with Crippen molar-refractivity contribution < 1.29 is 67.2 Å². The first-order valence-electron chi connectivity index (χ1n) is 32.0. The molecule has 25 heteroatoms. The molecule has 0 spiro atoms. The number of imide groups is 1. The molecule has 0 bridgehead atoms. The fraction of sp³-hybridized carbons (Fsp3) is 0.507. The van der Waals surface area contributed by atoms with E-state index in [1.165, 1.54) is 31.4 Å². The molecule has 0 radical (unpaired) electrons. The summed E-state index contributed by atoms with van der Waals surface area (Å²) in [6.07, 6.45) is 5.70. The molecule has 0 saturated carbocycles. The van der Waals surface area contributed by atoms with Gasteiger partial charge in [0.1, 0.15) is 24.4 Å². The highest BCUT2D eigenvalue weighted by Crippen LogP contribution is 2.47. The SMILES string of the molecule is COc1cc2c(cc1OCCCCCC(=O)N1CC(CCl)c3c1cc(OC(=O)N1CCN(C)CC1)c1ccccc31)N(C(=O)OCc1ccc(NC(=O)[C@H](CCCCN)NC(=O)C(NC(=O)CCCCCN3C(=O)C=CC3=O)C(C)C)cc1)C(O)[C@@H]1CCCN1C2=O. The number of halogens is 1. The number of hydrogen-bond acceptors (Lipinski definition) is 16. The van der Waals surface area contributed by atoms with E-state index in [0.29, 0.717) is 125 Å². The number of hydrogen-bond donors (Lipinski definition) is 5. The highest BCUT2D eigenvalue weighted by Gasteiger charge is 2.46. The number of likely N-dealkylation sites (N-methyl/N-ethyl adjacent to an activating group) is 1. The third-order valence-electron chi connectivity index (χ3n) is 17.6. The van der Waals surface area contributed by atoms with E-state index in [1.54, 1.807) is 58.9 Å². The maximum Gasteiger partial charge on any atom is 0.416 e.